The van der Waals surface area contributed by atoms with Gasteiger partial charge in [-0.25, -0.2) is 0 Å². The van der Waals surface area contributed by atoms with Crippen LogP contribution in [-0.2, 0) is 22.1 Å². The molecular weight excluding hydrogens is 423 g/mol. The molecule has 0 spiro atoms. The van der Waals surface area contributed by atoms with Crippen LogP contribution in [0.1, 0.15) is 27.2 Å². The van der Waals surface area contributed by atoms with Crippen molar-refractivity contribution in [3.8, 4) is 5.75 Å². The number of methoxy groups -OCH3 is 2. The standard InChI is InChI=1S/C21H17ClF3NO4/c1-11-14(9-19(27)30-3)15-8-18(29-2)16(22)10-17(15)26(11)20(28)12-4-6-13(7-5-12)21(23,24)25/h4-8,10H,9H2,1-3H3. The van der Waals surface area contributed by atoms with Crippen LogP contribution in [0.5, 0.6) is 5.75 Å². The van der Waals surface area contributed by atoms with Crippen molar-refractivity contribution >= 4 is 34.4 Å². The molecule has 0 atom stereocenters. The molecule has 5 nitrogen and oxygen atoms in total. The normalized spacial score (nSPS) is 11.6. The van der Waals surface area contributed by atoms with Crippen molar-refractivity contribution in [2.24, 2.45) is 0 Å². The molecule has 0 unspecified atom stereocenters. The van der Waals surface area contributed by atoms with Crippen LogP contribution < -0.4 is 4.74 Å². The maximum Gasteiger partial charge on any atom is 0.416 e. The highest BCUT2D eigenvalue weighted by Crippen LogP contribution is 2.36. The lowest BCUT2D eigenvalue weighted by Gasteiger charge is -2.10. The van der Waals surface area contributed by atoms with E-state index in [1.165, 1.54) is 24.9 Å². The second-order valence-corrected chi connectivity index (χ2v) is 6.94. The zero-order valence-corrected chi connectivity index (χ0v) is 17.0. The average Bonchev–Trinajstić information content (AvgIpc) is 2.96. The summed E-state index contributed by atoms with van der Waals surface area (Å²) in [5, 5.41) is 0.799. The molecule has 0 aliphatic heterocycles. The molecule has 1 aromatic heterocycles. The minimum atomic E-state index is -4.50. The van der Waals surface area contributed by atoms with E-state index in [0.29, 0.717) is 27.9 Å². The summed E-state index contributed by atoms with van der Waals surface area (Å²) in [4.78, 5) is 25.1. The molecule has 0 N–H and O–H groups in total. The van der Waals surface area contributed by atoms with Crippen LogP contribution in [0.25, 0.3) is 10.9 Å². The van der Waals surface area contributed by atoms with E-state index in [2.05, 4.69) is 0 Å². The van der Waals surface area contributed by atoms with Gasteiger partial charge in [-0.15, -0.1) is 0 Å². The molecule has 2 aromatic carbocycles. The van der Waals surface area contributed by atoms with Gasteiger partial charge in [0, 0.05) is 16.6 Å². The molecule has 30 heavy (non-hydrogen) atoms. The van der Waals surface area contributed by atoms with Crippen LogP contribution in [0.2, 0.25) is 5.02 Å². The van der Waals surface area contributed by atoms with Gasteiger partial charge >= 0.3 is 12.1 Å². The Morgan fingerprint density at radius 2 is 1.73 bits per heavy atom. The van der Waals surface area contributed by atoms with Crippen LogP contribution in [0, 0.1) is 6.92 Å². The lowest BCUT2D eigenvalue weighted by atomic mass is 10.1. The highest BCUT2D eigenvalue weighted by atomic mass is 35.5. The summed E-state index contributed by atoms with van der Waals surface area (Å²) in [6.07, 6.45) is -4.60. The molecule has 0 amide bonds. The zero-order valence-electron chi connectivity index (χ0n) is 16.3. The summed E-state index contributed by atoms with van der Waals surface area (Å²) >= 11 is 6.23. The van der Waals surface area contributed by atoms with Gasteiger partial charge in [0.15, 0.2) is 0 Å². The van der Waals surface area contributed by atoms with Crippen LogP contribution in [0.15, 0.2) is 36.4 Å². The molecule has 0 bridgehead atoms. The monoisotopic (exact) mass is 439 g/mol. The fourth-order valence-electron chi connectivity index (χ4n) is 3.27. The highest BCUT2D eigenvalue weighted by molar-refractivity contribution is 6.33. The fourth-order valence-corrected chi connectivity index (χ4v) is 3.50. The number of rotatable bonds is 4. The molecule has 0 aliphatic rings. The Kier molecular flexibility index (Phi) is 5.81. The molecule has 0 aliphatic carbocycles. The van der Waals surface area contributed by atoms with E-state index in [1.807, 2.05) is 0 Å². The minimum absolute atomic E-state index is 0.0551. The summed E-state index contributed by atoms with van der Waals surface area (Å²) in [5.74, 6) is -0.703. The number of alkyl halides is 3. The van der Waals surface area contributed by atoms with Gasteiger partial charge in [0.2, 0.25) is 0 Å². The van der Waals surface area contributed by atoms with Gasteiger partial charge < -0.3 is 9.47 Å². The number of carbonyl (C=O) groups is 2. The average molecular weight is 440 g/mol. The Morgan fingerprint density at radius 1 is 1.10 bits per heavy atom. The fraction of sp³-hybridized carbons (Fsp3) is 0.238. The van der Waals surface area contributed by atoms with E-state index >= 15 is 0 Å². The number of nitrogens with zero attached hydrogens (tertiary/aromatic N) is 1. The van der Waals surface area contributed by atoms with Gasteiger partial charge in [0.25, 0.3) is 5.91 Å². The first kappa shape index (κ1) is 21.7. The molecule has 3 rings (SSSR count). The lowest BCUT2D eigenvalue weighted by Crippen LogP contribution is -2.15. The SMILES string of the molecule is COC(=O)Cc1c(C)n(C(=O)c2ccc(C(F)(F)F)cc2)c2cc(Cl)c(OC)cc12. The van der Waals surface area contributed by atoms with Crippen molar-refractivity contribution in [2.45, 2.75) is 19.5 Å². The summed E-state index contributed by atoms with van der Waals surface area (Å²) in [7, 11) is 2.69. The van der Waals surface area contributed by atoms with Crippen LogP contribution >= 0.6 is 11.6 Å². The summed E-state index contributed by atoms with van der Waals surface area (Å²) in [6.45, 7) is 1.64. The Morgan fingerprint density at radius 3 is 2.27 bits per heavy atom. The first-order valence-corrected chi connectivity index (χ1v) is 9.12. The first-order chi connectivity index (χ1) is 14.1. The topological polar surface area (TPSA) is 57.5 Å². The number of esters is 1. The Hall–Kier alpha value is -3.00. The molecule has 158 valence electrons. The number of fused-ring (bicyclic) bond motifs is 1. The maximum absolute atomic E-state index is 13.2. The van der Waals surface area contributed by atoms with Crippen molar-refractivity contribution < 1.29 is 32.2 Å². The molecule has 1 heterocycles. The molecular formula is C21H17ClF3NO4. The second-order valence-electron chi connectivity index (χ2n) is 6.54. The quantitative estimate of drug-likeness (QED) is 0.535. The van der Waals surface area contributed by atoms with Gasteiger partial charge in [0.1, 0.15) is 5.75 Å². The van der Waals surface area contributed by atoms with Crippen molar-refractivity contribution in [1.82, 2.24) is 4.57 Å². The van der Waals surface area contributed by atoms with Crippen LogP contribution in [-0.4, -0.2) is 30.7 Å². The number of hydrogen-bond acceptors (Lipinski definition) is 4. The van der Waals surface area contributed by atoms with Gasteiger partial charge in [-0.3, -0.25) is 14.2 Å². The van der Waals surface area contributed by atoms with Crippen LogP contribution in [0.3, 0.4) is 0 Å². The largest absolute Gasteiger partial charge is 0.495 e. The van der Waals surface area contributed by atoms with E-state index in [0.717, 1.165) is 24.3 Å². The number of benzene rings is 2. The van der Waals surface area contributed by atoms with Crippen molar-refractivity contribution in [3.63, 3.8) is 0 Å². The second kappa shape index (κ2) is 8.02. The molecule has 0 saturated carbocycles. The van der Waals surface area contributed by atoms with Crippen molar-refractivity contribution in [3.05, 3.63) is 63.8 Å². The Labute approximate surface area is 174 Å². The predicted molar refractivity (Wildman–Crippen MR) is 105 cm³/mol. The van der Waals surface area contributed by atoms with E-state index in [1.54, 1.807) is 13.0 Å². The van der Waals surface area contributed by atoms with Crippen molar-refractivity contribution in [2.75, 3.05) is 14.2 Å². The third-order valence-electron chi connectivity index (χ3n) is 4.82. The first-order valence-electron chi connectivity index (χ1n) is 8.74. The van der Waals surface area contributed by atoms with E-state index in [-0.39, 0.29) is 17.0 Å². The minimum Gasteiger partial charge on any atom is -0.495 e. The van der Waals surface area contributed by atoms with E-state index in [4.69, 9.17) is 21.1 Å². The smallest absolute Gasteiger partial charge is 0.416 e. The molecule has 0 fully saturated rings. The number of hydrogen-bond donors (Lipinski definition) is 0. The third-order valence-corrected chi connectivity index (χ3v) is 5.11. The zero-order chi connectivity index (χ0) is 22.2. The number of halogens is 4. The summed E-state index contributed by atoms with van der Waals surface area (Å²) < 4.78 is 49.8. The third kappa shape index (κ3) is 3.87. The van der Waals surface area contributed by atoms with E-state index < -0.39 is 23.6 Å². The van der Waals surface area contributed by atoms with Gasteiger partial charge in [-0.05, 0) is 48.9 Å². The van der Waals surface area contributed by atoms with Crippen molar-refractivity contribution in [1.29, 1.82) is 0 Å². The molecule has 3 aromatic rings. The van der Waals surface area contributed by atoms with Crippen LogP contribution in [0.4, 0.5) is 13.2 Å². The van der Waals surface area contributed by atoms with E-state index in [9.17, 15) is 22.8 Å². The van der Waals surface area contributed by atoms with Gasteiger partial charge in [-0.2, -0.15) is 13.2 Å². The summed E-state index contributed by atoms with van der Waals surface area (Å²) in [6, 6.07) is 7.05. The number of ether oxygens (including phenoxy) is 2. The number of aromatic nitrogens is 1. The predicted octanol–water partition coefficient (Wildman–Crippen LogP) is 5.03. The lowest BCUT2D eigenvalue weighted by molar-refractivity contribution is -0.140. The molecule has 0 radical (unpaired) electrons. The highest BCUT2D eigenvalue weighted by Gasteiger charge is 2.30. The van der Waals surface area contributed by atoms with Gasteiger partial charge in [-0.1, -0.05) is 11.6 Å². The Balaban J connectivity index is 2.19. The number of carbonyl (C=O) groups excluding carboxylic acids is 2. The molecule has 9 heteroatoms. The summed E-state index contributed by atoms with van der Waals surface area (Å²) in [5.41, 5.74) is 0.589. The molecule has 0 saturated heterocycles. The Bertz CT molecular complexity index is 1130. The maximum atomic E-state index is 13.2. The van der Waals surface area contributed by atoms with Gasteiger partial charge in [0.05, 0.1) is 36.7 Å².